The van der Waals surface area contributed by atoms with E-state index in [1.807, 2.05) is 89.9 Å². The highest BCUT2D eigenvalue weighted by Crippen LogP contribution is 2.46. The van der Waals surface area contributed by atoms with E-state index in [4.69, 9.17) is 38.4 Å². The Labute approximate surface area is 471 Å². The lowest BCUT2D eigenvalue weighted by Gasteiger charge is -2.36. The Morgan fingerprint density at radius 1 is 0.590 bits per heavy atom. The number of piperidine rings is 1. The van der Waals surface area contributed by atoms with E-state index in [0.29, 0.717) is 31.4 Å². The number of carbonyl (C=O) groups excluding carboxylic acids is 4. The molecular formula is C59H61Cl2N11O4S2. The van der Waals surface area contributed by atoms with E-state index in [9.17, 15) is 19.2 Å². The third-order valence-corrected chi connectivity index (χ3v) is 17.2. The molecule has 19 heteroatoms. The Kier molecular flexibility index (Phi) is 16.7. The molecule has 0 atom stereocenters. The molecule has 8 aromatic rings. The summed E-state index contributed by atoms with van der Waals surface area (Å²) in [6, 6.07) is 31.9. The summed E-state index contributed by atoms with van der Waals surface area (Å²) in [6.07, 6.45) is 10.3. The van der Waals surface area contributed by atoms with Gasteiger partial charge in [-0.2, -0.15) is 10.2 Å². The van der Waals surface area contributed by atoms with Gasteiger partial charge in [0.2, 0.25) is 11.8 Å². The van der Waals surface area contributed by atoms with Crippen LogP contribution in [-0.4, -0.2) is 90.3 Å². The molecule has 4 amide bonds. The summed E-state index contributed by atoms with van der Waals surface area (Å²) < 4.78 is 3.78. The average molecular weight is 1120 g/mol. The Morgan fingerprint density at radius 2 is 1.04 bits per heavy atom. The highest BCUT2D eigenvalue weighted by molar-refractivity contribution is 7.19. The van der Waals surface area contributed by atoms with Gasteiger partial charge in [-0.3, -0.25) is 19.2 Å². The predicted octanol–water partition coefficient (Wildman–Crippen LogP) is 12.3. The molecule has 402 valence electrons. The molecule has 3 aliphatic carbocycles. The Balaban J connectivity index is 0.000000177. The van der Waals surface area contributed by atoms with Crippen LogP contribution in [0.1, 0.15) is 109 Å². The second-order valence-corrected chi connectivity index (χ2v) is 22.3. The van der Waals surface area contributed by atoms with Gasteiger partial charge < -0.3 is 26.2 Å². The molecule has 0 bridgehead atoms. The first-order valence-corrected chi connectivity index (χ1v) is 29.1. The van der Waals surface area contributed by atoms with E-state index in [2.05, 4.69) is 43.3 Å². The van der Waals surface area contributed by atoms with Crippen molar-refractivity contribution in [3.63, 3.8) is 0 Å². The van der Waals surface area contributed by atoms with E-state index in [-0.39, 0.29) is 29.7 Å². The van der Waals surface area contributed by atoms with Crippen LogP contribution in [0.25, 0.3) is 55.0 Å². The van der Waals surface area contributed by atoms with Crippen LogP contribution in [0.15, 0.2) is 97.1 Å². The first-order valence-electron chi connectivity index (χ1n) is 26.7. The van der Waals surface area contributed by atoms with Crippen LogP contribution >= 0.6 is 45.9 Å². The Morgan fingerprint density at radius 3 is 1.46 bits per heavy atom. The molecular weight excluding hydrogens is 1060 g/mol. The molecule has 0 spiro atoms. The summed E-state index contributed by atoms with van der Waals surface area (Å²) in [5.74, 6) is -0.682. The third kappa shape index (κ3) is 11.3. The van der Waals surface area contributed by atoms with Crippen molar-refractivity contribution in [3.8, 4) is 55.0 Å². The van der Waals surface area contributed by atoms with Crippen LogP contribution in [0.3, 0.4) is 0 Å². The fourth-order valence-corrected chi connectivity index (χ4v) is 13.6. The number of hydrogen-bond acceptors (Lipinski definition) is 11. The van der Waals surface area contributed by atoms with E-state index in [1.165, 1.54) is 62.2 Å². The highest BCUT2D eigenvalue weighted by Gasteiger charge is 2.33. The second kappa shape index (κ2) is 23.9. The van der Waals surface area contributed by atoms with Crippen molar-refractivity contribution in [1.82, 2.24) is 45.1 Å². The van der Waals surface area contributed by atoms with Gasteiger partial charge in [-0.05, 0) is 87.8 Å². The number of nitrogens with one attached hydrogen (secondary N) is 4. The van der Waals surface area contributed by atoms with E-state index in [1.54, 1.807) is 25.2 Å². The minimum absolute atomic E-state index is 0.131. The van der Waals surface area contributed by atoms with Gasteiger partial charge in [0.1, 0.15) is 0 Å². The molecule has 12 rings (SSSR count). The number of benzene rings is 4. The fraction of sp³-hybridized carbons (Fsp3) is 0.322. The summed E-state index contributed by atoms with van der Waals surface area (Å²) in [7, 11) is 1.57. The quantitative estimate of drug-likeness (QED) is 0.104. The zero-order valence-electron chi connectivity index (χ0n) is 44.2. The van der Waals surface area contributed by atoms with Gasteiger partial charge in [0, 0.05) is 68.3 Å². The van der Waals surface area contributed by atoms with E-state index >= 15 is 0 Å². The van der Waals surface area contributed by atoms with Gasteiger partial charge in [-0.25, -0.2) is 19.3 Å². The van der Waals surface area contributed by atoms with Gasteiger partial charge in [-0.1, -0.05) is 133 Å². The number of carbonyl (C=O) groups is 4. The van der Waals surface area contributed by atoms with E-state index in [0.717, 1.165) is 135 Å². The standard InChI is InChI=1S/C33H35ClN6O2S.C24H20ClN5O2S.C2H6/c1-20(41)35-33-37-28-14-13-26-29(21-7-3-2-4-8-21)38-40(30(26)31(28)43-33)24-11-12-25(27(34)19-24)32(42)36-22-15-17-39(18-16-22)23-9-5-6-10-23;1-13(31)27-24-28-19-11-10-17-20(14-6-4-3-5-7-14)29-30(21(17)22(19)33-24)15-8-9-16(18(25)12-15)23(32)26-2;1-2/h2-4,7-8,11-12,19,22-23H,5-6,9-10,13-18H2,1H3,(H,36,42)(H,35,37,41);3-9,12H,10-11H2,1-2H3,(H,26,32)(H,27,28,31);1-2H3. The first kappa shape index (κ1) is 54.3. The topological polar surface area (TPSA) is 181 Å². The molecule has 4 aromatic heterocycles. The SMILES string of the molecule is CC.CC(=O)Nc1nc2c(s1)-c1c(c(-c3ccccc3)nn1-c1ccc(C(=O)NC3CCN(C4CCCC4)CC3)c(Cl)c1)CC2.CNC(=O)c1ccc(-n2nc(-c3ccccc3)c3c2-c2sc(NC(C)=O)nc2CC3)cc1Cl. The second-order valence-electron chi connectivity index (χ2n) is 19.5. The van der Waals surface area contributed by atoms with Crippen molar-refractivity contribution in [2.75, 3.05) is 30.8 Å². The monoisotopic (exact) mass is 1120 g/mol. The summed E-state index contributed by atoms with van der Waals surface area (Å²) in [5, 5.41) is 23.5. The predicted molar refractivity (Wildman–Crippen MR) is 313 cm³/mol. The normalized spacial score (nSPS) is 14.8. The maximum atomic E-state index is 13.3. The molecule has 1 aliphatic heterocycles. The van der Waals surface area contributed by atoms with Crippen molar-refractivity contribution in [2.45, 2.75) is 104 Å². The van der Waals surface area contributed by atoms with Crippen LogP contribution in [0.2, 0.25) is 10.0 Å². The summed E-state index contributed by atoms with van der Waals surface area (Å²) in [4.78, 5) is 62.7. The van der Waals surface area contributed by atoms with Gasteiger partial charge in [0.25, 0.3) is 11.8 Å². The molecule has 4 N–H and O–H groups in total. The van der Waals surface area contributed by atoms with Crippen LogP contribution in [0.4, 0.5) is 10.3 Å². The molecule has 2 fully saturated rings. The number of aromatic nitrogens is 6. The molecule has 5 heterocycles. The molecule has 0 radical (unpaired) electrons. The molecule has 4 aromatic carbocycles. The van der Waals surface area contributed by atoms with Gasteiger partial charge in [0.05, 0.1) is 76.5 Å². The zero-order valence-corrected chi connectivity index (χ0v) is 47.4. The summed E-state index contributed by atoms with van der Waals surface area (Å²) in [5.41, 5.74) is 12.3. The maximum Gasteiger partial charge on any atom is 0.253 e. The van der Waals surface area contributed by atoms with Crippen molar-refractivity contribution < 1.29 is 19.2 Å². The van der Waals surface area contributed by atoms with Crippen molar-refractivity contribution in [2.24, 2.45) is 0 Å². The number of amides is 4. The lowest BCUT2D eigenvalue weighted by Crippen LogP contribution is -2.47. The molecule has 4 aliphatic rings. The number of aryl methyl sites for hydroxylation is 2. The fourth-order valence-electron chi connectivity index (χ4n) is 10.9. The van der Waals surface area contributed by atoms with Gasteiger partial charge >= 0.3 is 0 Å². The Bertz CT molecular complexity index is 3520. The van der Waals surface area contributed by atoms with Crippen molar-refractivity contribution in [3.05, 3.63) is 141 Å². The van der Waals surface area contributed by atoms with Crippen LogP contribution < -0.4 is 21.3 Å². The van der Waals surface area contributed by atoms with Gasteiger partial charge in [-0.15, -0.1) is 0 Å². The molecule has 78 heavy (non-hydrogen) atoms. The van der Waals surface area contributed by atoms with Crippen molar-refractivity contribution in [1.29, 1.82) is 0 Å². The number of rotatable bonds is 10. The summed E-state index contributed by atoms with van der Waals surface area (Å²) in [6.45, 7) is 9.04. The largest absolute Gasteiger partial charge is 0.355 e. The number of anilines is 2. The summed E-state index contributed by atoms with van der Waals surface area (Å²) >= 11 is 16.2. The minimum atomic E-state index is -0.247. The number of hydrogen-bond donors (Lipinski definition) is 4. The minimum Gasteiger partial charge on any atom is -0.355 e. The van der Waals surface area contributed by atoms with Crippen LogP contribution in [0.5, 0.6) is 0 Å². The lowest BCUT2D eigenvalue weighted by atomic mass is 9.95. The first-order chi connectivity index (χ1) is 37.9. The number of nitrogens with zero attached hydrogens (tertiary/aromatic N) is 7. The average Bonchev–Trinajstić information content (AvgIpc) is 4.52. The van der Waals surface area contributed by atoms with Gasteiger partial charge in [0.15, 0.2) is 10.3 Å². The molecule has 1 saturated heterocycles. The lowest BCUT2D eigenvalue weighted by molar-refractivity contribution is -0.115. The Hall–Kier alpha value is -7.02. The highest BCUT2D eigenvalue weighted by atomic mass is 35.5. The number of likely N-dealkylation sites (tertiary alicyclic amines) is 1. The molecule has 1 saturated carbocycles. The maximum absolute atomic E-state index is 13.3. The van der Waals surface area contributed by atoms with E-state index < -0.39 is 0 Å². The number of halogens is 2. The molecule has 0 unspecified atom stereocenters. The molecule has 15 nitrogen and oxygen atoms in total. The third-order valence-electron chi connectivity index (χ3n) is 14.5. The zero-order chi connectivity index (χ0) is 54.6. The number of thiazole rings is 2. The van der Waals surface area contributed by atoms with Crippen molar-refractivity contribution >= 4 is 79.8 Å². The number of fused-ring (bicyclic) bond motifs is 6. The smallest absolute Gasteiger partial charge is 0.253 e. The van der Waals surface area contributed by atoms with Crippen LogP contribution in [-0.2, 0) is 35.3 Å². The van der Waals surface area contributed by atoms with Crippen LogP contribution in [0, 0.1) is 0 Å².